The zero-order chi connectivity index (χ0) is 30.3. The first-order valence-electron chi connectivity index (χ1n) is 13.1. The lowest BCUT2D eigenvalue weighted by molar-refractivity contribution is -0.140. The van der Waals surface area contributed by atoms with Gasteiger partial charge < -0.3 is 10.2 Å². The van der Waals surface area contributed by atoms with Gasteiger partial charge in [0, 0.05) is 40.1 Å². The number of nitrogens with zero attached hydrogens (tertiary/aromatic N) is 2. The Morgan fingerprint density at radius 2 is 1.54 bits per heavy atom. The Balaban J connectivity index is 2.10. The fourth-order valence-corrected chi connectivity index (χ4v) is 5.71. The van der Waals surface area contributed by atoms with Gasteiger partial charge in [-0.05, 0) is 48.2 Å². The number of hydrogen-bond donors (Lipinski definition) is 1. The minimum atomic E-state index is -3.92. The van der Waals surface area contributed by atoms with Gasteiger partial charge in [-0.3, -0.25) is 13.9 Å². The Morgan fingerprint density at radius 3 is 2.10 bits per heavy atom. The predicted molar refractivity (Wildman–Crippen MR) is 167 cm³/mol. The van der Waals surface area contributed by atoms with Gasteiger partial charge in [0.15, 0.2) is 0 Å². The highest BCUT2D eigenvalue weighted by Gasteiger charge is 2.34. The average molecular weight is 639 g/mol. The summed E-state index contributed by atoms with van der Waals surface area (Å²) in [7, 11) is -3.92. The molecule has 1 atom stereocenters. The van der Waals surface area contributed by atoms with E-state index in [1.165, 1.54) is 11.0 Å². The number of rotatable bonds is 12. The van der Waals surface area contributed by atoms with E-state index in [1.807, 2.05) is 44.2 Å². The maximum Gasteiger partial charge on any atom is 0.244 e. The Morgan fingerprint density at radius 1 is 0.902 bits per heavy atom. The van der Waals surface area contributed by atoms with Crippen molar-refractivity contribution in [3.63, 3.8) is 0 Å². The van der Waals surface area contributed by atoms with Gasteiger partial charge in [0.2, 0.25) is 21.8 Å². The summed E-state index contributed by atoms with van der Waals surface area (Å²) in [6.45, 7) is 5.45. The Bertz CT molecular complexity index is 1460. The van der Waals surface area contributed by atoms with Crippen LogP contribution in [-0.4, -0.2) is 50.5 Å². The largest absolute Gasteiger partial charge is 0.354 e. The molecule has 3 aromatic carbocycles. The SMILES string of the molecule is Cc1ccc(N(CC(=O)N(Cc2c(Cl)cccc2Cl)C(Cc2ccccc2)C(=O)NCC(C)C)S(C)(=O)=O)cc1Cl. The summed E-state index contributed by atoms with van der Waals surface area (Å²) in [5, 5.41) is 3.94. The first kappa shape index (κ1) is 32.7. The van der Waals surface area contributed by atoms with Crippen LogP contribution in [0.4, 0.5) is 5.69 Å². The smallest absolute Gasteiger partial charge is 0.244 e. The molecular formula is C30H34Cl3N3O4S. The van der Waals surface area contributed by atoms with Gasteiger partial charge in [-0.25, -0.2) is 8.42 Å². The summed E-state index contributed by atoms with van der Waals surface area (Å²) in [6.07, 6.45) is 1.20. The molecule has 0 fully saturated rings. The highest BCUT2D eigenvalue weighted by atomic mass is 35.5. The van der Waals surface area contributed by atoms with E-state index in [-0.39, 0.29) is 30.5 Å². The second kappa shape index (κ2) is 14.4. The number of benzene rings is 3. The van der Waals surface area contributed by atoms with E-state index in [4.69, 9.17) is 34.8 Å². The molecular weight excluding hydrogens is 605 g/mol. The predicted octanol–water partition coefficient (Wildman–Crippen LogP) is 6.13. The molecule has 7 nitrogen and oxygen atoms in total. The maximum absolute atomic E-state index is 14.1. The average Bonchev–Trinajstić information content (AvgIpc) is 2.90. The first-order chi connectivity index (χ1) is 19.3. The molecule has 0 aliphatic carbocycles. The van der Waals surface area contributed by atoms with Crippen molar-refractivity contribution in [2.24, 2.45) is 5.92 Å². The molecule has 41 heavy (non-hydrogen) atoms. The van der Waals surface area contributed by atoms with E-state index in [1.54, 1.807) is 37.3 Å². The molecule has 2 amide bonds. The zero-order valence-electron chi connectivity index (χ0n) is 23.4. The van der Waals surface area contributed by atoms with Gasteiger partial charge >= 0.3 is 0 Å². The molecule has 220 valence electrons. The third kappa shape index (κ3) is 9.10. The van der Waals surface area contributed by atoms with Crippen molar-refractivity contribution < 1.29 is 18.0 Å². The summed E-state index contributed by atoms with van der Waals surface area (Å²) in [6, 6.07) is 18.0. The van der Waals surface area contributed by atoms with Crippen molar-refractivity contribution >= 4 is 62.3 Å². The number of aryl methyl sites for hydroxylation is 1. The summed E-state index contributed by atoms with van der Waals surface area (Å²) in [5.74, 6) is -0.808. The minimum absolute atomic E-state index is 0.115. The van der Waals surface area contributed by atoms with Crippen LogP contribution in [0.25, 0.3) is 0 Å². The van der Waals surface area contributed by atoms with Crippen LogP contribution in [-0.2, 0) is 32.6 Å². The highest BCUT2D eigenvalue weighted by Crippen LogP contribution is 2.29. The van der Waals surface area contributed by atoms with Crippen molar-refractivity contribution in [2.75, 3.05) is 23.7 Å². The van der Waals surface area contributed by atoms with Crippen LogP contribution in [0.15, 0.2) is 66.7 Å². The Kier molecular flexibility index (Phi) is 11.5. The third-order valence-corrected chi connectivity index (χ3v) is 8.72. The summed E-state index contributed by atoms with van der Waals surface area (Å²) in [5.41, 5.74) is 2.26. The van der Waals surface area contributed by atoms with Gasteiger partial charge in [-0.1, -0.05) is 91.1 Å². The number of halogens is 3. The van der Waals surface area contributed by atoms with Crippen molar-refractivity contribution in [2.45, 2.75) is 39.8 Å². The van der Waals surface area contributed by atoms with Gasteiger partial charge in [-0.15, -0.1) is 0 Å². The maximum atomic E-state index is 14.1. The summed E-state index contributed by atoms with van der Waals surface area (Å²) >= 11 is 19.3. The molecule has 0 saturated heterocycles. The molecule has 0 heterocycles. The number of nitrogens with one attached hydrogen (secondary N) is 1. The molecule has 0 aliphatic rings. The van der Waals surface area contributed by atoms with E-state index in [2.05, 4.69) is 5.32 Å². The van der Waals surface area contributed by atoms with Crippen LogP contribution in [0.5, 0.6) is 0 Å². The zero-order valence-corrected chi connectivity index (χ0v) is 26.5. The topological polar surface area (TPSA) is 86.8 Å². The molecule has 3 rings (SSSR count). The first-order valence-corrected chi connectivity index (χ1v) is 16.0. The number of hydrogen-bond acceptors (Lipinski definition) is 4. The second-order valence-corrected chi connectivity index (χ2v) is 13.4. The molecule has 1 N–H and O–H groups in total. The fraction of sp³-hybridized carbons (Fsp3) is 0.333. The van der Waals surface area contributed by atoms with Gasteiger partial charge in [0.1, 0.15) is 12.6 Å². The van der Waals surface area contributed by atoms with Crippen LogP contribution >= 0.6 is 34.8 Å². The third-order valence-electron chi connectivity index (χ3n) is 6.47. The van der Waals surface area contributed by atoms with Gasteiger partial charge in [0.05, 0.1) is 11.9 Å². The van der Waals surface area contributed by atoms with E-state index < -0.39 is 28.5 Å². The highest BCUT2D eigenvalue weighted by molar-refractivity contribution is 7.92. The molecule has 3 aromatic rings. The second-order valence-electron chi connectivity index (χ2n) is 10.3. The van der Waals surface area contributed by atoms with Crippen molar-refractivity contribution in [1.82, 2.24) is 10.2 Å². The van der Waals surface area contributed by atoms with Crippen molar-refractivity contribution in [1.29, 1.82) is 0 Å². The van der Waals surface area contributed by atoms with Crippen LogP contribution in [0.3, 0.4) is 0 Å². The van der Waals surface area contributed by atoms with Crippen molar-refractivity contribution in [3.8, 4) is 0 Å². The molecule has 11 heteroatoms. The van der Waals surface area contributed by atoms with Crippen LogP contribution in [0.1, 0.15) is 30.5 Å². The fourth-order valence-electron chi connectivity index (χ4n) is 4.18. The van der Waals surface area contributed by atoms with Crippen LogP contribution in [0, 0.1) is 12.8 Å². The molecule has 0 aromatic heterocycles. The normalized spacial score (nSPS) is 12.2. The molecule has 1 unspecified atom stereocenters. The molecule has 0 spiro atoms. The molecule has 0 radical (unpaired) electrons. The summed E-state index contributed by atoms with van der Waals surface area (Å²) < 4.78 is 26.8. The molecule has 0 saturated carbocycles. The van der Waals surface area contributed by atoms with Crippen LogP contribution < -0.4 is 9.62 Å². The number of sulfonamides is 1. The number of carbonyl (C=O) groups is 2. The Labute approximate surface area is 257 Å². The van der Waals surface area contributed by atoms with Gasteiger partial charge in [-0.2, -0.15) is 0 Å². The number of anilines is 1. The van der Waals surface area contributed by atoms with Crippen molar-refractivity contribution in [3.05, 3.63) is 98.5 Å². The lowest BCUT2D eigenvalue weighted by atomic mass is 10.0. The minimum Gasteiger partial charge on any atom is -0.354 e. The molecule has 0 bridgehead atoms. The van der Waals surface area contributed by atoms with Crippen LogP contribution in [0.2, 0.25) is 15.1 Å². The lowest BCUT2D eigenvalue weighted by Gasteiger charge is -2.34. The molecule has 0 aliphatic heterocycles. The number of amides is 2. The summed E-state index contributed by atoms with van der Waals surface area (Å²) in [4.78, 5) is 29.2. The lowest BCUT2D eigenvalue weighted by Crippen LogP contribution is -2.53. The number of carbonyl (C=O) groups excluding carboxylic acids is 2. The monoisotopic (exact) mass is 637 g/mol. The standard InChI is InChI=1S/C30H34Cl3N3O4S/c1-20(2)17-34-30(38)28(15-22-9-6-5-7-10-22)35(18-24-25(31)11-8-12-26(24)32)29(37)19-36(41(4,39)40)23-14-13-21(3)27(33)16-23/h5-14,16,20,28H,15,17-19H2,1-4H3,(H,34,38). The van der Waals surface area contributed by atoms with E-state index in [0.29, 0.717) is 27.2 Å². The Hall–Kier alpha value is -2.78. The quantitative estimate of drug-likeness (QED) is 0.259. The van der Waals surface area contributed by atoms with E-state index in [9.17, 15) is 18.0 Å². The van der Waals surface area contributed by atoms with E-state index >= 15 is 0 Å². The van der Waals surface area contributed by atoms with E-state index in [0.717, 1.165) is 21.7 Å². The van der Waals surface area contributed by atoms with Gasteiger partial charge in [0.25, 0.3) is 0 Å².